The zero-order valence-electron chi connectivity index (χ0n) is 22.1. The Morgan fingerprint density at radius 2 is 1.71 bits per heavy atom. The number of fused-ring (bicyclic) bond motifs is 1. The van der Waals surface area contributed by atoms with Crippen LogP contribution in [0, 0.1) is 0 Å². The highest BCUT2D eigenvalue weighted by Crippen LogP contribution is 2.35. The van der Waals surface area contributed by atoms with Crippen LogP contribution >= 0.6 is 23.2 Å². The molecule has 0 unspecified atom stereocenters. The third-order valence-corrected chi connectivity index (χ3v) is 7.46. The van der Waals surface area contributed by atoms with Gasteiger partial charge in [0, 0.05) is 28.2 Å². The first-order valence-corrected chi connectivity index (χ1v) is 14.7. The summed E-state index contributed by atoms with van der Waals surface area (Å²) < 4.78 is 37.8. The van der Waals surface area contributed by atoms with Crippen molar-refractivity contribution in [2.75, 3.05) is 30.3 Å². The average molecular weight is 587 g/mol. The van der Waals surface area contributed by atoms with E-state index < -0.39 is 34.1 Å². The van der Waals surface area contributed by atoms with Crippen molar-refractivity contribution in [2.45, 2.75) is 52.2 Å². The zero-order chi connectivity index (χ0) is 28.3. The number of carbonyl (C=O) groups is 2. The Balaban J connectivity index is 1.99. The fourth-order valence-electron chi connectivity index (χ4n) is 4.01. The number of carbonyl (C=O) groups excluding carboxylic acids is 2. The van der Waals surface area contributed by atoms with Gasteiger partial charge in [0.2, 0.25) is 21.8 Å². The van der Waals surface area contributed by atoms with Crippen molar-refractivity contribution >= 4 is 50.7 Å². The van der Waals surface area contributed by atoms with Crippen LogP contribution in [0.3, 0.4) is 0 Å². The molecule has 2 amide bonds. The van der Waals surface area contributed by atoms with Gasteiger partial charge in [-0.15, -0.1) is 0 Å². The van der Waals surface area contributed by atoms with Gasteiger partial charge in [0.1, 0.15) is 25.8 Å². The lowest BCUT2D eigenvalue weighted by molar-refractivity contribution is -0.141. The van der Waals surface area contributed by atoms with Crippen LogP contribution in [0.5, 0.6) is 11.5 Å². The lowest BCUT2D eigenvalue weighted by Crippen LogP contribution is -2.55. The summed E-state index contributed by atoms with van der Waals surface area (Å²) in [5.74, 6) is -0.0600. The minimum atomic E-state index is -3.90. The number of rotatable bonds is 9. The molecule has 0 aliphatic carbocycles. The van der Waals surface area contributed by atoms with Gasteiger partial charge < -0.3 is 19.7 Å². The summed E-state index contributed by atoms with van der Waals surface area (Å²) in [6.07, 6.45) is 1.31. The molecule has 0 fully saturated rings. The smallest absolute Gasteiger partial charge is 0.244 e. The molecule has 12 heteroatoms. The van der Waals surface area contributed by atoms with Crippen LogP contribution in [0.1, 0.15) is 39.7 Å². The van der Waals surface area contributed by atoms with Crippen LogP contribution in [-0.2, 0) is 26.2 Å². The van der Waals surface area contributed by atoms with E-state index in [0.717, 1.165) is 10.6 Å². The Kier molecular flexibility index (Phi) is 9.43. The number of sulfonamides is 1. The third kappa shape index (κ3) is 7.68. The van der Waals surface area contributed by atoms with Crippen LogP contribution in [-0.4, -0.2) is 62.7 Å². The van der Waals surface area contributed by atoms with Crippen molar-refractivity contribution in [2.24, 2.45) is 0 Å². The first-order chi connectivity index (χ1) is 17.7. The molecule has 38 heavy (non-hydrogen) atoms. The third-order valence-electron chi connectivity index (χ3n) is 5.73. The van der Waals surface area contributed by atoms with Gasteiger partial charge in [0.15, 0.2) is 11.5 Å². The number of nitrogens with zero attached hydrogens (tertiary/aromatic N) is 2. The second-order valence-electron chi connectivity index (χ2n) is 10.0. The summed E-state index contributed by atoms with van der Waals surface area (Å²) >= 11 is 12.4. The molecular formula is C26H33Cl2N3O6S. The molecule has 1 aliphatic rings. The lowest BCUT2D eigenvalue weighted by Gasteiger charge is -2.34. The van der Waals surface area contributed by atoms with Crippen LogP contribution in [0.4, 0.5) is 5.69 Å². The molecule has 1 aliphatic heterocycles. The lowest BCUT2D eigenvalue weighted by atomic mass is 10.1. The van der Waals surface area contributed by atoms with E-state index in [2.05, 4.69) is 5.32 Å². The van der Waals surface area contributed by atoms with Crippen molar-refractivity contribution in [3.8, 4) is 11.5 Å². The molecule has 0 saturated carbocycles. The second-order valence-corrected chi connectivity index (χ2v) is 12.8. The average Bonchev–Trinajstić information content (AvgIpc) is 2.81. The van der Waals surface area contributed by atoms with E-state index in [1.807, 2.05) is 20.8 Å². The molecule has 1 atom stereocenters. The highest BCUT2D eigenvalue weighted by molar-refractivity contribution is 7.92. The van der Waals surface area contributed by atoms with Crippen LogP contribution in [0.2, 0.25) is 10.0 Å². The fraction of sp³-hybridized carbons (Fsp3) is 0.462. The van der Waals surface area contributed by atoms with Gasteiger partial charge in [0.05, 0.1) is 11.9 Å². The summed E-state index contributed by atoms with van der Waals surface area (Å²) in [6, 6.07) is 8.65. The predicted molar refractivity (Wildman–Crippen MR) is 149 cm³/mol. The number of benzene rings is 2. The number of anilines is 1. The molecule has 0 spiro atoms. The molecule has 3 rings (SSSR count). The number of nitrogens with one attached hydrogen (secondary N) is 1. The zero-order valence-corrected chi connectivity index (χ0v) is 24.4. The summed E-state index contributed by atoms with van der Waals surface area (Å²) in [4.78, 5) is 28.4. The van der Waals surface area contributed by atoms with E-state index in [-0.39, 0.29) is 18.1 Å². The van der Waals surface area contributed by atoms with Crippen LogP contribution < -0.4 is 19.1 Å². The van der Waals surface area contributed by atoms with Gasteiger partial charge in [0.25, 0.3) is 0 Å². The van der Waals surface area contributed by atoms with Gasteiger partial charge in [-0.3, -0.25) is 13.9 Å². The van der Waals surface area contributed by atoms with Crippen LogP contribution in [0.25, 0.3) is 0 Å². The Hall–Kier alpha value is -2.69. The highest BCUT2D eigenvalue weighted by Gasteiger charge is 2.33. The molecule has 2 aromatic carbocycles. The first-order valence-electron chi connectivity index (χ1n) is 12.1. The van der Waals surface area contributed by atoms with Gasteiger partial charge in [-0.1, -0.05) is 36.2 Å². The van der Waals surface area contributed by atoms with Crippen LogP contribution in [0.15, 0.2) is 36.4 Å². The molecule has 0 bridgehead atoms. The van der Waals surface area contributed by atoms with Gasteiger partial charge in [-0.05, 0) is 57.0 Å². The Labute approximate surface area is 234 Å². The van der Waals surface area contributed by atoms with E-state index in [4.69, 9.17) is 32.7 Å². The number of amides is 2. The maximum Gasteiger partial charge on any atom is 0.244 e. The Morgan fingerprint density at radius 1 is 1.05 bits per heavy atom. The van der Waals surface area contributed by atoms with E-state index in [1.54, 1.807) is 37.3 Å². The fourth-order valence-corrected chi connectivity index (χ4v) is 5.32. The maximum absolute atomic E-state index is 13.8. The molecule has 0 radical (unpaired) electrons. The predicted octanol–water partition coefficient (Wildman–Crippen LogP) is 4.25. The molecule has 0 aromatic heterocycles. The topological polar surface area (TPSA) is 105 Å². The molecular weight excluding hydrogens is 553 g/mol. The van der Waals surface area contributed by atoms with E-state index >= 15 is 0 Å². The van der Waals surface area contributed by atoms with Crippen molar-refractivity contribution < 1.29 is 27.5 Å². The molecule has 0 saturated heterocycles. The standard InChI is InChI=1S/C26H33Cl2N3O6S/c1-6-21(25(33)29-26(2,3)4)30(15-17-7-8-18(27)13-20(17)28)24(32)16-31(38(5,34)35)19-9-10-22-23(14-19)37-12-11-36-22/h7-10,13-14,21H,6,11-12,15-16H2,1-5H3,(H,29,33)/t21-/m1/s1. The number of hydrogen-bond donors (Lipinski definition) is 1. The largest absolute Gasteiger partial charge is 0.486 e. The monoisotopic (exact) mass is 585 g/mol. The Morgan fingerprint density at radius 3 is 2.29 bits per heavy atom. The van der Waals surface area contributed by atoms with Crippen molar-refractivity contribution in [1.29, 1.82) is 0 Å². The van der Waals surface area contributed by atoms with Crippen molar-refractivity contribution in [1.82, 2.24) is 10.2 Å². The normalized spacial score (nSPS) is 14.0. The summed E-state index contributed by atoms with van der Waals surface area (Å²) in [7, 11) is -3.90. The Bertz CT molecular complexity index is 1300. The second kappa shape index (κ2) is 12.0. The molecule has 1 heterocycles. The van der Waals surface area contributed by atoms with E-state index in [0.29, 0.717) is 46.7 Å². The maximum atomic E-state index is 13.8. The number of halogens is 2. The summed E-state index contributed by atoms with van der Waals surface area (Å²) in [6.45, 7) is 7.45. The first kappa shape index (κ1) is 29.9. The molecule has 9 nitrogen and oxygen atoms in total. The summed E-state index contributed by atoms with van der Waals surface area (Å²) in [5, 5.41) is 3.67. The number of hydrogen-bond acceptors (Lipinski definition) is 6. The van der Waals surface area contributed by atoms with Crippen molar-refractivity contribution in [3.63, 3.8) is 0 Å². The SMILES string of the molecule is CC[C@H](C(=O)NC(C)(C)C)N(Cc1ccc(Cl)cc1Cl)C(=O)CN(c1ccc2c(c1)OCCO2)S(C)(=O)=O. The van der Waals surface area contributed by atoms with Crippen molar-refractivity contribution in [3.05, 3.63) is 52.0 Å². The number of ether oxygens (including phenoxy) is 2. The minimum Gasteiger partial charge on any atom is -0.486 e. The highest BCUT2D eigenvalue weighted by atomic mass is 35.5. The quantitative estimate of drug-likeness (QED) is 0.471. The molecule has 208 valence electrons. The molecule has 2 aromatic rings. The van der Waals surface area contributed by atoms with Gasteiger partial charge >= 0.3 is 0 Å². The van der Waals surface area contributed by atoms with Gasteiger partial charge in [-0.2, -0.15) is 0 Å². The van der Waals surface area contributed by atoms with E-state index in [9.17, 15) is 18.0 Å². The van der Waals surface area contributed by atoms with E-state index in [1.165, 1.54) is 11.0 Å². The van der Waals surface area contributed by atoms with Gasteiger partial charge in [-0.25, -0.2) is 8.42 Å². The minimum absolute atomic E-state index is 0.0242. The summed E-state index contributed by atoms with van der Waals surface area (Å²) in [5.41, 5.74) is 0.264. The molecule has 1 N–H and O–H groups in total.